The predicted molar refractivity (Wildman–Crippen MR) is 98.8 cm³/mol. The highest BCUT2D eigenvalue weighted by atomic mass is 16.1. The van der Waals surface area contributed by atoms with Crippen LogP contribution in [0.3, 0.4) is 0 Å². The first-order valence-corrected chi connectivity index (χ1v) is 8.88. The van der Waals surface area contributed by atoms with Gasteiger partial charge in [0.25, 0.3) is 5.56 Å². The second-order valence-electron chi connectivity index (χ2n) is 7.80. The van der Waals surface area contributed by atoms with E-state index in [-0.39, 0.29) is 11.1 Å². The normalized spacial score (nSPS) is 18.6. The predicted octanol–water partition coefficient (Wildman–Crippen LogP) is 1.49. The minimum absolute atomic E-state index is 0.00107. The zero-order chi connectivity index (χ0) is 18.0. The molecule has 3 heterocycles. The van der Waals surface area contributed by atoms with Crippen molar-refractivity contribution < 1.29 is 0 Å². The molecule has 25 heavy (non-hydrogen) atoms. The van der Waals surface area contributed by atoms with Gasteiger partial charge in [-0.15, -0.1) is 0 Å². The lowest BCUT2D eigenvalue weighted by Gasteiger charge is -2.33. The molecule has 0 spiro atoms. The maximum atomic E-state index is 12.3. The van der Waals surface area contributed by atoms with Crippen molar-refractivity contribution in [3.8, 4) is 0 Å². The lowest BCUT2D eigenvalue weighted by molar-refractivity contribution is 0.355. The molecule has 1 atom stereocenters. The highest BCUT2D eigenvalue weighted by molar-refractivity contribution is 5.36. The van der Waals surface area contributed by atoms with E-state index in [1.165, 1.54) is 5.56 Å². The van der Waals surface area contributed by atoms with Crippen LogP contribution < -0.4 is 15.8 Å². The van der Waals surface area contributed by atoms with Crippen LogP contribution in [0.4, 0.5) is 5.82 Å². The first-order chi connectivity index (χ1) is 11.8. The van der Waals surface area contributed by atoms with Crippen LogP contribution in [0.2, 0.25) is 0 Å². The van der Waals surface area contributed by atoms with E-state index >= 15 is 0 Å². The van der Waals surface area contributed by atoms with Gasteiger partial charge in [-0.3, -0.25) is 9.48 Å². The first kappa shape index (κ1) is 17.7. The third kappa shape index (κ3) is 4.10. The lowest BCUT2D eigenvalue weighted by Crippen LogP contribution is -2.47. The van der Waals surface area contributed by atoms with Crippen molar-refractivity contribution in [1.82, 2.24) is 24.6 Å². The molecule has 0 aromatic carbocycles. The molecular formula is C18H28N6O. The van der Waals surface area contributed by atoms with E-state index in [9.17, 15) is 4.79 Å². The summed E-state index contributed by atoms with van der Waals surface area (Å²) in [4.78, 5) is 18.7. The van der Waals surface area contributed by atoms with Crippen LogP contribution in [-0.2, 0) is 19.1 Å². The number of nitrogens with zero attached hydrogens (tertiary/aromatic N) is 5. The quantitative estimate of drug-likeness (QED) is 0.910. The Hall–Kier alpha value is -2.15. The van der Waals surface area contributed by atoms with Crippen LogP contribution in [-0.4, -0.2) is 38.5 Å². The van der Waals surface area contributed by atoms with Crippen molar-refractivity contribution in [1.29, 1.82) is 0 Å². The topological polar surface area (TPSA) is 68.0 Å². The van der Waals surface area contributed by atoms with Gasteiger partial charge in [0, 0.05) is 56.9 Å². The van der Waals surface area contributed by atoms with E-state index < -0.39 is 0 Å². The molecule has 1 aliphatic heterocycles. The summed E-state index contributed by atoms with van der Waals surface area (Å²) in [7, 11) is 1.76. The van der Waals surface area contributed by atoms with Gasteiger partial charge in [-0.1, -0.05) is 0 Å². The van der Waals surface area contributed by atoms with Crippen molar-refractivity contribution >= 4 is 5.82 Å². The Morgan fingerprint density at radius 2 is 2.16 bits per heavy atom. The standard InChI is InChI=1S/C18H28N6O/c1-18(2,3)24-12-14(11-21-24)10-20-15-6-5-8-23(13-15)16-17(25)22(4)9-7-19-16/h7,9,11-12,15,20H,5-6,8,10,13H2,1-4H3/t15-/m1/s1. The molecular weight excluding hydrogens is 316 g/mol. The second-order valence-corrected chi connectivity index (χ2v) is 7.80. The average Bonchev–Trinajstić information content (AvgIpc) is 3.05. The van der Waals surface area contributed by atoms with E-state index in [1.54, 1.807) is 24.0 Å². The number of piperidine rings is 1. The van der Waals surface area contributed by atoms with Crippen LogP contribution >= 0.6 is 0 Å². The molecule has 0 amide bonds. The fourth-order valence-corrected chi connectivity index (χ4v) is 3.12. The molecule has 1 aliphatic rings. The van der Waals surface area contributed by atoms with Gasteiger partial charge in [-0.2, -0.15) is 5.10 Å². The Bertz CT molecular complexity index is 772. The van der Waals surface area contributed by atoms with Crippen LogP contribution in [0.5, 0.6) is 0 Å². The molecule has 3 rings (SSSR count). The van der Waals surface area contributed by atoms with Crippen LogP contribution in [0.15, 0.2) is 29.6 Å². The summed E-state index contributed by atoms with van der Waals surface area (Å²) in [6, 6.07) is 0.346. The van der Waals surface area contributed by atoms with Gasteiger partial charge < -0.3 is 14.8 Å². The molecule has 1 fully saturated rings. The maximum absolute atomic E-state index is 12.3. The van der Waals surface area contributed by atoms with Gasteiger partial charge in [-0.05, 0) is 33.6 Å². The van der Waals surface area contributed by atoms with Crippen molar-refractivity contribution in [2.75, 3.05) is 18.0 Å². The van der Waals surface area contributed by atoms with Gasteiger partial charge in [-0.25, -0.2) is 4.98 Å². The van der Waals surface area contributed by atoms with Crippen molar-refractivity contribution in [3.05, 3.63) is 40.7 Å². The molecule has 0 saturated carbocycles. The van der Waals surface area contributed by atoms with Crippen molar-refractivity contribution in [3.63, 3.8) is 0 Å². The van der Waals surface area contributed by atoms with E-state index in [0.717, 1.165) is 32.5 Å². The molecule has 1 saturated heterocycles. The molecule has 0 aliphatic carbocycles. The molecule has 2 aromatic rings. The third-order valence-electron chi connectivity index (χ3n) is 4.64. The fourth-order valence-electron chi connectivity index (χ4n) is 3.12. The summed E-state index contributed by atoms with van der Waals surface area (Å²) in [6.45, 7) is 8.90. The fraction of sp³-hybridized carbons (Fsp3) is 0.611. The summed E-state index contributed by atoms with van der Waals surface area (Å²) in [6.07, 6.45) is 9.57. The van der Waals surface area contributed by atoms with Crippen LogP contribution in [0.25, 0.3) is 0 Å². The summed E-state index contributed by atoms with van der Waals surface area (Å²) in [5, 5.41) is 8.05. The average molecular weight is 344 g/mol. The Kier molecular flexibility index (Phi) is 4.94. The van der Waals surface area contributed by atoms with Gasteiger partial charge in [0.1, 0.15) is 0 Å². The zero-order valence-corrected chi connectivity index (χ0v) is 15.6. The SMILES string of the molecule is Cn1ccnc(N2CCC[C@@H](NCc3cnn(C(C)(C)C)c3)C2)c1=O. The van der Waals surface area contributed by atoms with Crippen molar-refractivity contribution in [2.24, 2.45) is 7.05 Å². The zero-order valence-electron chi connectivity index (χ0n) is 15.6. The van der Waals surface area contributed by atoms with Crippen LogP contribution in [0, 0.1) is 0 Å². The van der Waals surface area contributed by atoms with Gasteiger partial charge >= 0.3 is 0 Å². The molecule has 2 aromatic heterocycles. The Labute approximate surface area is 148 Å². The number of aryl methyl sites for hydroxylation is 1. The molecule has 136 valence electrons. The molecule has 0 unspecified atom stereocenters. The van der Waals surface area contributed by atoms with E-state index in [0.29, 0.717) is 11.9 Å². The number of rotatable bonds is 4. The van der Waals surface area contributed by atoms with Gasteiger partial charge in [0.05, 0.1) is 11.7 Å². The Morgan fingerprint density at radius 3 is 2.88 bits per heavy atom. The number of hydrogen-bond donors (Lipinski definition) is 1. The van der Waals surface area contributed by atoms with Crippen molar-refractivity contribution in [2.45, 2.75) is 51.7 Å². The summed E-state index contributed by atoms with van der Waals surface area (Å²) in [5.41, 5.74) is 1.15. The Morgan fingerprint density at radius 1 is 1.36 bits per heavy atom. The minimum Gasteiger partial charge on any atom is -0.350 e. The van der Waals surface area contributed by atoms with Gasteiger partial charge in [0.2, 0.25) is 0 Å². The van der Waals surface area contributed by atoms with E-state index in [4.69, 9.17) is 0 Å². The lowest BCUT2D eigenvalue weighted by atomic mass is 10.1. The smallest absolute Gasteiger partial charge is 0.293 e. The van der Waals surface area contributed by atoms with Gasteiger partial charge in [0.15, 0.2) is 5.82 Å². The number of anilines is 1. The Balaban J connectivity index is 1.61. The molecule has 0 bridgehead atoms. The number of aromatic nitrogens is 4. The summed E-state index contributed by atoms with van der Waals surface area (Å²) >= 11 is 0. The molecule has 7 nitrogen and oxygen atoms in total. The summed E-state index contributed by atoms with van der Waals surface area (Å²) < 4.78 is 3.58. The molecule has 7 heteroatoms. The first-order valence-electron chi connectivity index (χ1n) is 8.88. The van der Waals surface area contributed by atoms with E-state index in [1.807, 2.05) is 10.9 Å². The molecule has 1 N–H and O–H groups in total. The largest absolute Gasteiger partial charge is 0.350 e. The third-order valence-corrected chi connectivity index (χ3v) is 4.64. The van der Waals surface area contributed by atoms with Crippen LogP contribution in [0.1, 0.15) is 39.2 Å². The van der Waals surface area contributed by atoms with E-state index in [2.05, 4.69) is 47.3 Å². The highest BCUT2D eigenvalue weighted by Gasteiger charge is 2.23. The summed E-state index contributed by atoms with van der Waals surface area (Å²) in [5.74, 6) is 0.553. The maximum Gasteiger partial charge on any atom is 0.293 e. The minimum atomic E-state index is -0.0328. The number of nitrogens with one attached hydrogen (secondary N) is 1. The number of hydrogen-bond acceptors (Lipinski definition) is 5. The second kappa shape index (κ2) is 7.00. The molecule has 0 radical (unpaired) electrons. The monoisotopic (exact) mass is 344 g/mol. The highest BCUT2D eigenvalue weighted by Crippen LogP contribution is 2.16.